The van der Waals surface area contributed by atoms with Crippen LogP contribution in [-0.4, -0.2) is 163 Å². The summed E-state index contributed by atoms with van der Waals surface area (Å²) in [5, 5.41) is 48.2. The first-order chi connectivity index (χ1) is 36.7. The van der Waals surface area contributed by atoms with E-state index < -0.39 is 133 Å². The van der Waals surface area contributed by atoms with Crippen molar-refractivity contribution in [2.75, 3.05) is 41.8 Å². The second kappa shape index (κ2) is 31.0. The van der Waals surface area contributed by atoms with Crippen molar-refractivity contribution in [2.45, 2.75) is 102 Å². The van der Waals surface area contributed by atoms with Gasteiger partial charge in [-0.25, -0.2) is 14.6 Å². The lowest BCUT2D eigenvalue weighted by atomic mass is 10.1. The molecule has 0 spiro atoms. The Kier molecular flexibility index (Phi) is 25.3. The van der Waals surface area contributed by atoms with Crippen molar-refractivity contribution in [1.29, 1.82) is 0 Å². The summed E-state index contributed by atoms with van der Waals surface area (Å²) in [7, 11) is 2.32. The van der Waals surface area contributed by atoms with Crippen molar-refractivity contribution in [2.24, 2.45) is 5.73 Å². The number of carboxylic acid groups (broad SMARTS) is 4. The van der Waals surface area contributed by atoms with Gasteiger partial charge in [0.25, 0.3) is 11.5 Å². The third-order valence-electron chi connectivity index (χ3n) is 10.4. The first-order valence-corrected chi connectivity index (χ1v) is 26.0. The van der Waals surface area contributed by atoms with Crippen LogP contribution in [0.25, 0.3) is 10.9 Å². The third kappa shape index (κ3) is 22.4. The highest BCUT2D eigenvalue weighted by Gasteiger charge is 2.34. The van der Waals surface area contributed by atoms with Crippen molar-refractivity contribution in [3.8, 4) is 12.3 Å². The number of nitrogens with one attached hydrogen (secondary N) is 6. The van der Waals surface area contributed by atoms with E-state index in [1.54, 1.807) is 51.1 Å². The number of aliphatic carboxylic acids is 4. The van der Waals surface area contributed by atoms with Gasteiger partial charge in [0.2, 0.25) is 29.6 Å². The fourth-order valence-corrected chi connectivity index (χ4v) is 8.61. The summed E-state index contributed by atoms with van der Waals surface area (Å²) in [4.78, 5) is 158. The lowest BCUT2D eigenvalue weighted by Crippen LogP contribution is -2.59. The van der Waals surface area contributed by atoms with Gasteiger partial charge in [-0.1, -0.05) is 33.6 Å². The molecule has 0 aliphatic rings. The molecule has 78 heavy (non-hydrogen) atoms. The predicted molar refractivity (Wildman–Crippen MR) is 281 cm³/mol. The average Bonchev–Trinajstić information content (AvgIpc) is 3.34. The minimum absolute atomic E-state index is 0.0101. The van der Waals surface area contributed by atoms with E-state index in [1.807, 2.05) is 20.9 Å². The minimum Gasteiger partial charge on any atom is -0.481 e. The number of hydrogen-bond acceptors (Lipinski definition) is 20. The molecule has 1 aromatic heterocycles. The summed E-state index contributed by atoms with van der Waals surface area (Å²) >= 11 is 0. The summed E-state index contributed by atoms with van der Waals surface area (Å²) in [6.45, 7) is 4.65. The van der Waals surface area contributed by atoms with Gasteiger partial charge in [0.15, 0.2) is 0 Å². The topological polar surface area (TPSA) is 448 Å². The second-order valence-electron chi connectivity index (χ2n) is 17.8. The van der Waals surface area contributed by atoms with Gasteiger partial charge in [-0.3, -0.25) is 52.9 Å². The number of benzene rings is 2. The molecule has 2 aromatic carbocycles. The molecule has 0 saturated heterocycles. The van der Waals surface area contributed by atoms with Gasteiger partial charge in [0, 0.05) is 48.7 Å². The Morgan fingerprint density at radius 3 is 1.83 bits per heavy atom. The van der Waals surface area contributed by atoms with Crippen LogP contribution >= 0.6 is 21.6 Å². The van der Waals surface area contributed by atoms with Crippen LogP contribution in [0.4, 0.5) is 11.6 Å². The maximum absolute atomic E-state index is 13.4. The molecule has 30 heteroatoms. The normalized spacial score (nSPS) is 12.9. The first kappa shape index (κ1) is 63.9. The van der Waals surface area contributed by atoms with Crippen LogP contribution in [0.1, 0.15) is 75.2 Å². The summed E-state index contributed by atoms with van der Waals surface area (Å²) in [6.07, 6.45) is 1.58. The smallest absolute Gasteiger partial charge is 0.329 e. The maximum Gasteiger partial charge on any atom is 0.329 e. The molecular weight excluding hydrogens is 1070 g/mol. The number of amides is 5. The molecule has 0 aliphatic carbocycles. The van der Waals surface area contributed by atoms with Crippen LogP contribution in [0.15, 0.2) is 47.3 Å². The Morgan fingerprint density at radius 1 is 0.756 bits per heavy atom. The van der Waals surface area contributed by atoms with E-state index in [9.17, 15) is 78.0 Å². The molecule has 14 N–H and O–H groups in total. The third-order valence-corrected chi connectivity index (χ3v) is 12.8. The van der Waals surface area contributed by atoms with Crippen molar-refractivity contribution < 1.29 is 82.6 Å². The number of carboxylic acids is 4. The van der Waals surface area contributed by atoms with Gasteiger partial charge in [0.1, 0.15) is 42.4 Å². The first-order valence-electron chi connectivity index (χ1n) is 23.5. The van der Waals surface area contributed by atoms with Crippen molar-refractivity contribution in [1.82, 2.24) is 36.6 Å². The zero-order valence-electron chi connectivity index (χ0n) is 42.4. The number of aromatic nitrogens is 2. The van der Waals surface area contributed by atoms with Gasteiger partial charge in [-0.15, -0.1) is 6.42 Å². The van der Waals surface area contributed by atoms with Crippen LogP contribution in [0, 0.1) is 12.3 Å². The fraction of sp³-hybridized carbons (Fsp3) is 0.438. The number of anilines is 2. The summed E-state index contributed by atoms with van der Waals surface area (Å²) in [5.41, 5.74) is 11.6. The lowest BCUT2D eigenvalue weighted by Gasteiger charge is -2.25. The Hall–Kier alpha value is -8.43. The SMILES string of the molecule is C#CCN(Cc1ccc2nc(N)[nH]c(=O)c2c1)c1ccc(C(=O)NC(CCC(=O)OCCSSCCC(=O)NC(CC(=O)O)C(=O)NC(CC(=O)O)C(=O)NC(CC(=O)O)C(=O)NC(CN)C(=O)O)C(=O)OC(C)(C)C)cc1. The number of terminal acetylenes is 1. The molecule has 3 rings (SSSR count). The van der Waals surface area contributed by atoms with Gasteiger partial charge in [-0.05, 0) is 69.2 Å². The fourth-order valence-electron chi connectivity index (χ4n) is 6.79. The second-order valence-corrected chi connectivity index (χ2v) is 20.5. The maximum atomic E-state index is 13.4. The van der Waals surface area contributed by atoms with E-state index in [-0.39, 0.29) is 55.4 Å². The van der Waals surface area contributed by atoms with Crippen molar-refractivity contribution in [3.63, 3.8) is 0 Å². The number of hydrogen-bond donors (Lipinski definition) is 12. The van der Waals surface area contributed by atoms with E-state index in [0.29, 0.717) is 23.1 Å². The van der Waals surface area contributed by atoms with Gasteiger partial charge in [0.05, 0.1) is 36.7 Å². The van der Waals surface area contributed by atoms with Gasteiger partial charge >= 0.3 is 35.8 Å². The predicted octanol–water partition coefficient (Wildman–Crippen LogP) is -0.913. The molecule has 0 aliphatic heterocycles. The Labute approximate surface area is 452 Å². The summed E-state index contributed by atoms with van der Waals surface area (Å²) < 4.78 is 10.8. The molecule has 5 amide bonds. The molecule has 0 saturated carbocycles. The lowest BCUT2D eigenvalue weighted by molar-refractivity contribution is -0.158. The number of H-pyrrole nitrogens is 1. The van der Waals surface area contributed by atoms with Crippen molar-refractivity contribution >= 4 is 109 Å². The van der Waals surface area contributed by atoms with Gasteiger partial charge in [-0.2, -0.15) is 0 Å². The van der Waals surface area contributed by atoms with Crippen molar-refractivity contribution in [3.05, 3.63) is 63.9 Å². The molecule has 5 atom stereocenters. The molecule has 28 nitrogen and oxygen atoms in total. The minimum atomic E-state index is -2.05. The molecular formula is C48H60N10O18S2. The number of esters is 2. The molecule has 0 fully saturated rings. The zero-order chi connectivity index (χ0) is 58.3. The number of nitrogens with two attached hydrogens (primary N) is 2. The van der Waals surface area contributed by atoms with E-state index in [4.69, 9.17) is 27.4 Å². The Morgan fingerprint density at radius 2 is 1.31 bits per heavy atom. The van der Waals surface area contributed by atoms with Crippen LogP contribution in [0.2, 0.25) is 0 Å². The highest BCUT2D eigenvalue weighted by atomic mass is 33.1. The summed E-state index contributed by atoms with van der Waals surface area (Å²) in [6, 6.07) is 2.67. The number of rotatable bonds is 32. The quantitative estimate of drug-likeness (QED) is 0.0156. The van der Waals surface area contributed by atoms with Crippen LogP contribution in [-0.2, 0) is 64.0 Å². The molecule has 0 bridgehead atoms. The Balaban J connectivity index is 1.51. The molecule has 422 valence electrons. The zero-order valence-corrected chi connectivity index (χ0v) is 44.0. The highest BCUT2D eigenvalue weighted by Crippen LogP contribution is 2.23. The van der Waals surface area contributed by atoms with E-state index in [1.165, 1.54) is 22.9 Å². The number of carbonyl (C=O) groups excluding carboxylic acids is 7. The molecule has 3 aromatic rings. The summed E-state index contributed by atoms with van der Waals surface area (Å²) in [5.74, 6) is -10.7. The van der Waals surface area contributed by atoms with E-state index in [0.717, 1.165) is 16.4 Å². The molecule has 0 radical (unpaired) electrons. The molecule has 5 unspecified atom stereocenters. The van der Waals surface area contributed by atoms with Crippen LogP contribution < -0.4 is 48.5 Å². The van der Waals surface area contributed by atoms with E-state index in [2.05, 4.69) is 26.5 Å². The van der Waals surface area contributed by atoms with E-state index >= 15 is 0 Å². The largest absolute Gasteiger partial charge is 0.481 e. The van der Waals surface area contributed by atoms with Gasteiger partial charge < -0.3 is 72.9 Å². The monoisotopic (exact) mass is 1130 g/mol. The number of fused-ring (bicyclic) bond motifs is 1. The van der Waals surface area contributed by atoms with Crippen LogP contribution in [0.3, 0.4) is 0 Å². The number of nitrogens with zero attached hydrogens (tertiary/aromatic N) is 2. The van der Waals surface area contributed by atoms with Crippen LogP contribution in [0.5, 0.6) is 0 Å². The average molecular weight is 1130 g/mol. The highest BCUT2D eigenvalue weighted by molar-refractivity contribution is 8.76. The molecule has 1 heterocycles. The standard InChI is InChI=1S/C48H60N10O18S2/c1-5-15-58(24-25-6-11-29-28(19-25)41(68)57-47(50)56-29)27-9-7-26(8-10-27)40(67)52-30(46(74)76-48(2,3)4)12-13-39(66)75-16-18-78-77-17-14-35(59)51-31(20-36(60)61)42(69)53-32(21-37(62)63)43(70)54-33(22-38(64)65)44(71)55-34(23-49)45(72)73/h1,6-11,19,30-34H,12-18,20-24,49H2,2-4H3,(H,51,59)(H,52,67)(H,53,69)(H,54,70)(H,55,71)(H,60,61)(H,62,63)(H,64,65)(H,72,73)(H3,50,56,57,68). The number of ether oxygens (including phenoxy) is 2. The Bertz CT molecular complexity index is 2800. The number of carbonyl (C=O) groups is 11. The number of nitrogen functional groups attached to an aromatic ring is 1. The number of aromatic amines is 1.